The van der Waals surface area contributed by atoms with Crippen LogP contribution in [0.25, 0.3) is 0 Å². The zero-order valence-corrected chi connectivity index (χ0v) is 14.6. The molecule has 0 aromatic rings. The molecular weight excluding hydrogens is 264 g/mol. The van der Waals surface area contributed by atoms with Gasteiger partial charge in [0, 0.05) is 25.2 Å². The van der Waals surface area contributed by atoms with Crippen molar-refractivity contribution < 1.29 is 9.53 Å². The molecule has 1 aliphatic rings. The minimum Gasteiger partial charge on any atom is -0.444 e. The fourth-order valence-electron chi connectivity index (χ4n) is 2.79. The lowest BCUT2D eigenvalue weighted by molar-refractivity contribution is 0.0182. The summed E-state index contributed by atoms with van der Waals surface area (Å²) in [6.45, 7) is 11.8. The summed E-state index contributed by atoms with van der Waals surface area (Å²) < 4.78 is 5.48. The van der Waals surface area contributed by atoms with Crippen molar-refractivity contribution in [2.24, 2.45) is 0 Å². The zero-order valence-electron chi connectivity index (χ0n) is 14.6. The van der Waals surface area contributed by atoms with Gasteiger partial charge in [-0.3, -0.25) is 0 Å². The third kappa shape index (κ3) is 7.16. The molecule has 2 unspecified atom stereocenters. The van der Waals surface area contributed by atoms with E-state index in [1.165, 1.54) is 19.3 Å². The third-order valence-corrected chi connectivity index (χ3v) is 3.94. The number of piperidine rings is 1. The van der Waals surface area contributed by atoms with Crippen LogP contribution in [-0.4, -0.2) is 41.8 Å². The van der Waals surface area contributed by atoms with Crippen molar-refractivity contribution in [3.8, 4) is 0 Å². The zero-order chi connectivity index (χ0) is 15.9. The van der Waals surface area contributed by atoms with Gasteiger partial charge in [0.15, 0.2) is 0 Å². The van der Waals surface area contributed by atoms with Crippen LogP contribution in [0.4, 0.5) is 4.79 Å². The van der Waals surface area contributed by atoms with E-state index in [1.54, 1.807) is 0 Å². The van der Waals surface area contributed by atoms with Gasteiger partial charge in [-0.25, -0.2) is 4.79 Å². The predicted molar refractivity (Wildman–Crippen MR) is 87.6 cm³/mol. The Morgan fingerprint density at radius 2 is 2.10 bits per heavy atom. The van der Waals surface area contributed by atoms with Crippen molar-refractivity contribution in [3.05, 3.63) is 0 Å². The number of nitrogens with one attached hydrogen (secondary N) is 1. The second-order valence-corrected chi connectivity index (χ2v) is 7.18. The second-order valence-electron chi connectivity index (χ2n) is 7.18. The molecule has 1 rings (SSSR count). The van der Waals surface area contributed by atoms with Gasteiger partial charge in [0.25, 0.3) is 0 Å². The van der Waals surface area contributed by atoms with Crippen molar-refractivity contribution in [3.63, 3.8) is 0 Å². The molecule has 4 nitrogen and oxygen atoms in total. The topological polar surface area (TPSA) is 41.6 Å². The molecule has 1 N–H and O–H groups in total. The van der Waals surface area contributed by atoms with Crippen LogP contribution in [-0.2, 0) is 4.74 Å². The van der Waals surface area contributed by atoms with Crippen LogP contribution in [0.2, 0.25) is 0 Å². The summed E-state index contributed by atoms with van der Waals surface area (Å²) in [5.41, 5.74) is -0.412. The summed E-state index contributed by atoms with van der Waals surface area (Å²) >= 11 is 0. The summed E-state index contributed by atoms with van der Waals surface area (Å²) in [5, 5.41) is 3.74. The van der Waals surface area contributed by atoms with E-state index < -0.39 is 5.60 Å². The Hall–Kier alpha value is -0.770. The number of nitrogens with zero attached hydrogens (tertiary/aromatic N) is 1. The fraction of sp³-hybridized carbons (Fsp3) is 0.941. The first-order valence-electron chi connectivity index (χ1n) is 8.59. The van der Waals surface area contributed by atoms with Crippen LogP contribution in [0.5, 0.6) is 0 Å². The van der Waals surface area contributed by atoms with Crippen molar-refractivity contribution in [1.29, 1.82) is 0 Å². The van der Waals surface area contributed by atoms with Gasteiger partial charge in [-0.1, -0.05) is 26.7 Å². The molecule has 0 radical (unpaired) electrons. The highest BCUT2D eigenvalue weighted by atomic mass is 16.6. The fourth-order valence-corrected chi connectivity index (χ4v) is 2.79. The number of amides is 1. The van der Waals surface area contributed by atoms with Gasteiger partial charge in [0.1, 0.15) is 5.60 Å². The number of hydrogen-bond acceptors (Lipinski definition) is 3. The molecular formula is C17H34N2O2. The van der Waals surface area contributed by atoms with E-state index in [9.17, 15) is 4.79 Å². The Bertz CT molecular complexity index is 312. The predicted octanol–water partition coefficient (Wildman–Crippen LogP) is 3.94. The molecule has 0 aliphatic carbocycles. The molecule has 0 spiro atoms. The van der Waals surface area contributed by atoms with E-state index in [-0.39, 0.29) is 6.09 Å². The minimum absolute atomic E-state index is 0.171. The van der Waals surface area contributed by atoms with E-state index in [0.29, 0.717) is 12.1 Å². The summed E-state index contributed by atoms with van der Waals surface area (Å²) in [5.74, 6) is 0. The molecule has 21 heavy (non-hydrogen) atoms. The van der Waals surface area contributed by atoms with Gasteiger partial charge >= 0.3 is 6.09 Å². The molecule has 0 bridgehead atoms. The molecule has 1 heterocycles. The third-order valence-electron chi connectivity index (χ3n) is 3.94. The van der Waals surface area contributed by atoms with Crippen molar-refractivity contribution in [2.45, 2.75) is 90.8 Å². The number of carbonyl (C=O) groups is 1. The van der Waals surface area contributed by atoms with Gasteiger partial charge in [-0.15, -0.1) is 0 Å². The van der Waals surface area contributed by atoms with E-state index >= 15 is 0 Å². The Kier molecular flexibility index (Phi) is 7.50. The van der Waals surface area contributed by atoms with Crippen LogP contribution >= 0.6 is 0 Å². The quantitative estimate of drug-likeness (QED) is 0.807. The van der Waals surface area contributed by atoms with Crippen LogP contribution in [0, 0.1) is 0 Å². The van der Waals surface area contributed by atoms with Crippen LogP contribution < -0.4 is 5.32 Å². The SMILES string of the molecule is CCCCC(CC)NC1CCCN(C(=O)OC(C)(C)C)C1. The lowest BCUT2D eigenvalue weighted by Crippen LogP contribution is -2.51. The normalized spacial score (nSPS) is 21.2. The summed E-state index contributed by atoms with van der Waals surface area (Å²) in [7, 11) is 0. The Morgan fingerprint density at radius 3 is 2.67 bits per heavy atom. The van der Waals surface area contributed by atoms with Gasteiger partial charge in [-0.05, 0) is 46.5 Å². The standard InChI is InChI=1S/C17H34N2O2/c1-6-8-10-14(7-2)18-15-11-9-12-19(13-15)16(20)21-17(3,4)5/h14-15,18H,6-13H2,1-5H3. The highest BCUT2D eigenvalue weighted by molar-refractivity contribution is 5.68. The molecule has 2 atom stereocenters. The van der Waals surface area contributed by atoms with Crippen molar-refractivity contribution >= 4 is 6.09 Å². The van der Waals surface area contributed by atoms with Gasteiger partial charge in [0.2, 0.25) is 0 Å². The number of ether oxygens (including phenoxy) is 1. The number of hydrogen-bond donors (Lipinski definition) is 1. The lowest BCUT2D eigenvalue weighted by Gasteiger charge is -2.36. The maximum Gasteiger partial charge on any atom is 0.410 e. The molecule has 4 heteroatoms. The highest BCUT2D eigenvalue weighted by Crippen LogP contribution is 2.17. The first-order chi connectivity index (χ1) is 9.85. The van der Waals surface area contributed by atoms with E-state index in [0.717, 1.165) is 32.4 Å². The van der Waals surface area contributed by atoms with E-state index in [4.69, 9.17) is 4.74 Å². The number of unbranched alkanes of at least 4 members (excludes halogenated alkanes) is 1. The Morgan fingerprint density at radius 1 is 1.38 bits per heavy atom. The lowest BCUT2D eigenvalue weighted by atomic mass is 10.0. The largest absolute Gasteiger partial charge is 0.444 e. The Labute approximate surface area is 130 Å². The molecule has 1 amide bonds. The smallest absolute Gasteiger partial charge is 0.410 e. The van der Waals surface area contributed by atoms with Crippen LogP contribution in [0.3, 0.4) is 0 Å². The summed E-state index contributed by atoms with van der Waals surface area (Å²) in [6, 6.07) is 0.988. The molecule has 0 aromatic carbocycles. The maximum atomic E-state index is 12.2. The second kappa shape index (κ2) is 8.62. The van der Waals surface area contributed by atoms with E-state index in [2.05, 4.69) is 19.2 Å². The molecule has 1 saturated heterocycles. The monoisotopic (exact) mass is 298 g/mol. The molecule has 124 valence electrons. The average Bonchev–Trinajstić information content (AvgIpc) is 2.42. The van der Waals surface area contributed by atoms with Gasteiger partial charge in [-0.2, -0.15) is 0 Å². The van der Waals surface area contributed by atoms with Crippen molar-refractivity contribution in [1.82, 2.24) is 10.2 Å². The summed E-state index contributed by atoms with van der Waals surface area (Å²) in [6.07, 6.45) is 6.94. The minimum atomic E-state index is -0.412. The first-order valence-corrected chi connectivity index (χ1v) is 8.59. The number of carbonyl (C=O) groups excluding carboxylic acids is 1. The van der Waals surface area contributed by atoms with E-state index in [1.807, 2.05) is 25.7 Å². The van der Waals surface area contributed by atoms with Crippen LogP contribution in [0.15, 0.2) is 0 Å². The van der Waals surface area contributed by atoms with Gasteiger partial charge in [0.05, 0.1) is 0 Å². The van der Waals surface area contributed by atoms with Crippen LogP contribution in [0.1, 0.15) is 73.1 Å². The highest BCUT2D eigenvalue weighted by Gasteiger charge is 2.28. The van der Waals surface area contributed by atoms with Gasteiger partial charge < -0.3 is 15.0 Å². The molecule has 1 fully saturated rings. The van der Waals surface area contributed by atoms with Crippen molar-refractivity contribution in [2.75, 3.05) is 13.1 Å². The maximum absolute atomic E-state index is 12.2. The first kappa shape index (κ1) is 18.3. The average molecular weight is 298 g/mol. The summed E-state index contributed by atoms with van der Waals surface area (Å²) in [4.78, 5) is 14.0. The number of likely N-dealkylation sites (tertiary alicyclic amines) is 1. The molecule has 1 aliphatic heterocycles. The Balaban J connectivity index is 2.45. The molecule has 0 saturated carbocycles. The number of rotatable bonds is 6. The molecule has 0 aromatic heterocycles.